The number of sulfonamides is 1. The molecule has 0 aliphatic carbocycles. The molecule has 1 atom stereocenters. The van der Waals surface area contributed by atoms with E-state index in [1.54, 1.807) is 30.5 Å². The Morgan fingerprint density at radius 2 is 1.91 bits per heavy atom. The fraction of sp³-hybridized carbons (Fsp3) is 0.0625. The first-order valence-corrected chi connectivity index (χ1v) is 8.21. The number of fused-ring (bicyclic) bond motifs is 2. The van der Waals surface area contributed by atoms with Gasteiger partial charge in [0.15, 0.2) is 0 Å². The molecule has 6 heteroatoms. The van der Waals surface area contributed by atoms with Crippen LogP contribution in [-0.4, -0.2) is 13.4 Å². The van der Waals surface area contributed by atoms with Crippen LogP contribution in [0.25, 0.3) is 10.9 Å². The lowest BCUT2D eigenvalue weighted by molar-refractivity contribution is 0.585. The van der Waals surface area contributed by atoms with Crippen molar-refractivity contribution in [2.24, 2.45) is 0 Å². The minimum absolute atomic E-state index is 0.311. The largest absolute Gasteiger partial charge is 0.361 e. The van der Waals surface area contributed by atoms with Gasteiger partial charge in [0.05, 0.1) is 22.6 Å². The Labute approximate surface area is 127 Å². The fourth-order valence-corrected chi connectivity index (χ4v) is 4.37. The molecule has 3 aromatic rings. The molecule has 108 valence electrons. The molecule has 1 aromatic heterocycles. The maximum atomic E-state index is 12.2. The molecule has 0 fully saturated rings. The van der Waals surface area contributed by atoms with Gasteiger partial charge in [-0.25, -0.2) is 8.42 Å². The van der Waals surface area contributed by atoms with Crippen molar-refractivity contribution in [2.45, 2.75) is 10.9 Å². The molecule has 1 aliphatic heterocycles. The van der Waals surface area contributed by atoms with E-state index in [1.165, 1.54) is 0 Å². The summed E-state index contributed by atoms with van der Waals surface area (Å²) in [5, 5.41) is 9.91. The highest BCUT2D eigenvalue weighted by atomic mass is 32.2. The number of nitrogens with one attached hydrogen (secondary N) is 2. The number of nitriles is 1. The highest BCUT2D eigenvalue weighted by molar-refractivity contribution is 7.89. The van der Waals surface area contributed by atoms with Gasteiger partial charge in [-0.05, 0) is 35.4 Å². The van der Waals surface area contributed by atoms with E-state index in [-0.39, 0.29) is 0 Å². The van der Waals surface area contributed by atoms with Crippen molar-refractivity contribution in [1.82, 2.24) is 9.71 Å². The summed E-state index contributed by atoms with van der Waals surface area (Å²) in [4.78, 5) is 3.44. The molecular formula is C16H11N3O2S. The van der Waals surface area contributed by atoms with Crippen LogP contribution in [0.15, 0.2) is 53.6 Å². The van der Waals surface area contributed by atoms with Crippen LogP contribution in [0.1, 0.15) is 22.7 Å². The zero-order chi connectivity index (χ0) is 15.3. The number of aromatic nitrogens is 1. The standard InChI is InChI=1S/C16H11N3O2S/c17-8-10-5-6-14-12(7-10)13(9-18-14)16-11-3-1-2-4-15(11)22(20,21)19-16/h1-7,9,16,18-19H. The predicted molar refractivity (Wildman–Crippen MR) is 81.6 cm³/mol. The Morgan fingerprint density at radius 1 is 1.09 bits per heavy atom. The normalized spacial score (nSPS) is 19.0. The van der Waals surface area contributed by atoms with Crippen molar-refractivity contribution in [1.29, 1.82) is 5.26 Å². The summed E-state index contributed by atoms with van der Waals surface area (Å²) in [6.45, 7) is 0. The summed E-state index contributed by atoms with van der Waals surface area (Å²) in [6.07, 6.45) is 1.79. The van der Waals surface area contributed by atoms with Crippen molar-refractivity contribution < 1.29 is 8.42 Å². The second-order valence-corrected chi connectivity index (χ2v) is 6.89. The first-order chi connectivity index (χ1) is 10.6. The molecule has 2 aromatic carbocycles. The van der Waals surface area contributed by atoms with Gasteiger partial charge in [-0.1, -0.05) is 18.2 Å². The monoisotopic (exact) mass is 309 g/mol. The topological polar surface area (TPSA) is 85.8 Å². The van der Waals surface area contributed by atoms with Crippen molar-refractivity contribution in [2.75, 3.05) is 0 Å². The average molecular weight is 309 g/mol. The third kappa shape index (κ3) is 1.77. The number of benzene rings is 2. The van der Waals surface area contributed by atoms with Gasteiger partial charge in [0.2, 0.25) is 10.0 Å². The Morgan fingerprint density at radius 3 is 2.73 bits per heavy atom. The van der Waals surface area contributed by atoms with Gasteiger partial charge < -0.3 is 4.98 Å². The van der Waals surface area contributed by atoms with E-state index in [4.69, 9.17) is 5.26 Å². The quantitative estimate of drug-likeness (QED) is 0.724. The summed E-state index contributed by atoms with van der Waals surface area (Å²) in [6, 6.07) is 14.0. The predicted octanol–water partition coefficient (Wildman–Crippen LogP) is 2.42. The van der Waals surface area contributed by atoms with Crippen LogP contribution in [0.4, 0.5) is 0 Å². The van der Waals surface area contributed by atoms with Crippen molar-refractivity contribution in [3.05, 3.63) is 65.4 Å². The average Bonchev–Trinajstić information content (AvgIpc) is 3.06. The van der Waals surface area contributed by atoms with Crippen LogP contribution in [0.2, 0.25) is 0 Å². The lowest BCUT2D eigenvalue weighted by Crippen LogP contribution is -2.20. The molecule has 2 N–H and O–H groups in total. The molecule has 2 heterocycles. The summed E-state index contributed by atoms with van der Waals surface area (Å²) >= 11 is 0. The molecule has 0 saturated carbocycles. The molecular weight excluding hydrogens is 298 g/mol. The molecule has 0 radical (unpaired) electrons. The van der Waals surface area contributed by atoms with Crippen molar-refractivity contribution in [3.8, 4) is 6.07 Å². The van der Waals surface area contributed by atoms with Gasteiger partial charge >= 0.3 is 0 Å². The van der Waals surface area contributed by atoms with Gasteiger partial charge in [-0.2, -0.15) is 9.98 Å². The van der Waals surface area contributed by atoms with E-state index in [1.807, 2.05) is 18.2 Å². The van der Waals surface area contributed by atoms with Crippen LogP contribution in [0.5, 0.6) is 0 Å². The SMILES string of the molecule is N#Cc1ccc2[nH]cc(C3NS(=O)(=O)c4ccccc43)c2c1. The zero-order valence-electron chi connectivity index (χ0n) is 11.4. The minimum Gasteiger partial charge on any atom is -0.361 e. The Kier molecular flexibility index (Phi) is 2.64. The summed E-state index contributed by atoms with van der Waals surface area (Å²) < 4.78 is 27.2. The molecule has 0 spiro atoms. The number of rotatable bonds is 1. The Balaban J connectivity index is 1.96. The number of H-pyrrole nitrogens is 1. The molecule has 1 aliphatic rings. The number of nitrogens with zero attached hydrogens (tertiary/aromatic N) is 1. The Bertz CT molecular complexity index is 1040. The first kappa shape index (κ1) is 13.1. The van der Waals surface area contributed by atoms with Gasteiger partial charge in [0, 0.05) is 17.1 Å². The molecule has 4 rings (SSSR count). The highest BCUT2D eigenvalue weighted by Crippen LogP contribution is 2.38. The van der Waals surface area contributed by atoms with E-state index in [0.29, 0.717) is 10.5 Å². The Hall–Kier alpha value is -2.62. The first-order valence-electron chi connectivity index (χ1n) is 6.72. The van der Waals surface area contributed by atoms with Crippen LogP contribution in [0, 0.1) is 11.3 Å². The third-order valence-electron chi connectivity index (χ3n) is 3.95. The highest BCUT2D eigenvalue weighted by Gasteiger charge is 2.35. The summed E-state index contributed by atoms with van der Waals surface area (Å²) in [5.41, 5.74) is 2.96. The van der Waals surface area contributed by atoms with Crippen LogP contribution in [0.3, 0.4) is 0 Å². The molecule has 5 nitrogen and oxygen atoms in total. The summed E-state index contributed by atoms with van der Waals surface area (Å²) in [7, 11) is -3.49. The van der Waals surface area contributed by atoms with Gasteiger partial charge in [-0.15, -0.1) is 0 Å². The van der Waals surface area contributed by atoms with Gasteiger partial charge in [0.25, 0.3) is 0 Å². The number of hydrogen-bond donors (Lipinski definition) is 2. The minimum atomic E-state index is -3.49. The smallest absolute Gasteiger partial charge is 0.241 e. The molecule has 0 bridgehead atoms. The maximum absolute atomic E-state index is 12.2. The lowest BCUT2D eigenvalue weighted by atomic mass is 9.98. The molecule has 0 amide bonds. The lowest BCUT2D eigenvalue weighted by Gasteiger charge is -2.09. The van der Waals surface area contributed by atoms with Crippen LogP contribution >= 0.6 is 0 Å². The molecule has 22 heavy (non-hydrogen) atoms. The number of aromatic amines is 1. The van der Waals surface area contributed by atoms with E-state index < -0.39 is 16.1 Å². The van der Waals surface area contributed by atoms with E-state index in [2.05, 4.69) is 15.8 Å². The van der Waals surface area contributed by atoms with E-state index in [9.17, 15) is 8.42 Å². The van der Waals surface area contributed by atoms with E-state index >= 15 is 0 Å². The second kappa shape index (κ2) is 4.44. The second-order valence-electron chi connectivity index (χ2n) is 5.21. The van der Waals surface area contributed by atoms with Crippen molar-refractivity contribution in [3.63, 3.8) is 0 Å². The molecule has 1 unspecified atom stereocenters. The molecule has 0 saturated heterocycles. The maximum Gasteiger partial charge on any atom is 0.241 e. The third-order valence-corrected chi connectivity index (χ3v) is 5.44. The zero-order valence-corrected chi connectivity index (χ0v) is 12.2. The van der Waals surface area contributed by atoms with E-state index in [0.717, 1.165) is 22.0 Å². The summed E-state index contributed by atoms with van der Waals surface area (Å²) in [5.74, 6) is 0. The number of hydrogen-bond acceptors (Lipinski definition) is 3. The van der Waals surface area contributed by atoms with Gasteiger partial charge in [0.1, 0.15) is 0 Å². The van der Waals surface area contributed by atoms with Crippen molar-refractivity contribution >= 4 is 20.9 Å². The fourth-order valence-electron chi connectivity index (χ4n) is 2.93. The van der Waals surface area contributed by atoms with Crippen LogP contribution < -0.4 is 4.72 Å². The van der Waals surface area contributed by atoms with Gasteiger partial charge in [-0.3, -0.25) is 0 Å². The van der Waals surface area contributed by atoms with Crippen LogP contribution in [-0.2, 0) is 10.0 Å².